The van der Waals surface area contributed by atoms with Crippen molar-refractivity contribution in [3.63, 3.8) is 0 Å². The Morgan fingerprint density at radius 2 is 1.91 bits per heavy atom. The van der Waals surface area contributed by atoms with E-state index in [-0.39, 0.29) is 6.04 Å². The minimum absolute atomic E-state index is 0.0719. The lowest BCUT2D eigenvalue weighted by atomic mass is 9.91. The molecule has 0 bridgehead atoms. The molecule has 0 amide bonds. The molecule has 2 aromatic heterocycles. The van der Waals surface area contributed by atoms with E-state index in [2.05, 4.69) is 66.8 Å². The zero-order valence-corrected chi connectivity index (χ0v) is 19.3. The third-order valence-corrected chi connectivity index (χ3v) is 6.95. The normalized spacial score (nSPS) is 19.5. The molecule has 174 valence electrons. The van der Waals surface area contributed by atoms with Crippen LogP contribution >= 0.6 is 0 Å². The fraction of sp³-hybridized carbons (Fsp3) is 0.520. The molecule has 1 aromatic carbocycles. The van der Waals surface area contributed by atoms with Crippen molar-refractivity contribution in [2.45, 2.75) is 57.3 Å². The number of benzene rings is 1. The van der Waals surface area contributed by atoms with Crippen LogP contribution in [0, 0.1) is 0 Å². The van der Waals surface area contributed by atoms with Crippen LogP contribution in [0.5, 0.6) is 0 Å². The molecule has 8 heteroatoms. The van der Waals surface area contributed by atoms with Crippen LogP contribution in [0.3, 0.4) is 0 Å². The maximum atomic E-state index is 4.51. The maximum absolute atomic E-state index is 4.51. The van der Waals surface area contributed by atoms with E-state index in [4.69, 9.17) is 0 Å². The molecule has 2 aliphatic rings. The SMILES string of the molecule is C(=C/C(c1nnnn1Cc1ccccc1)N1CCCN(C2CCC2)CC1)/CCn1cccn1. The Morgan fingerprint density at radius 3 is 2.70 bits per heavy atom. The summed E-state index contributed by atoms with van der Waals surface area (Å²) in [5.41, 5.74) is 1.21. The summed E-state index contributed by atoms with van der Waals surface area (Å²) in [7, 11) is 0. The third-order valence-electron chi connectivity index (χ3n) is 6.95. The Balaban J connectivity index is 1.33. The summed E-state index contributed by atoms with van der Waals surface area (Å²) >= 11 is 0. The van der Waals surface area contributed by atoms with Gasteiger partial charge in [-0.1, -0.05) is 48.9 Å². The van der Waals surface area contributed by atoms with Gasteiger partial charge < -0.3 is 0 Å². The number of hydrogen-bond donors (Lipinski definition) is 0. The second kappa shape index (κ2) is 10.9. The minimum atomic E-state index is 0.0719. The molecule has 1 aliphatic heterocycles. The first-order valence-electron chi connectivity index (χ1n) is 12.3. The molecule has 0 radical (unpaired) electrons. The highest BCUT2D eigenvalue weighted by atomic mass is 15.5. The smallest absolute Gasteiger partial charge is 0.172 e. The summed E-state index contributed by atoms with van der Waals surface area (Å²) in [6.45, 7) is 6.00. The van der Waals surface area contributed by atoms with Gasteiger partial charge in [-0.05, 0) is 54.3 Å². The third kappa shape index (κ3) is 5.57. The molecule has 33 heavy (non-hydrogen) atoms. The molecular weight excluding hydrogens is 412 g/mol. The summed E-state index contributed by atoms with van der Waals surface area (Å²) in [5, 5.41) is 17.2. The van der Waals surface area contributed by atoms with Gasteiger partial charge in [0, 0.05) is 44.6 Å². The Morgan fingerprint density at radius 1 is 1.00 bits per heavy atom. The van der Waals surface area contributed by atoms with Gasteiger partial charge in [-0.25, -0.2) is 4.68 Å². The Kier molecular flexibility index (Phi) is 7.23. The van der Waals surface area contributed by atoms with Crippen LogP contribution in [0.15, 0.2) is 60.9 Å². The fourth-order valence-electron chi connectivity index (χ4n) is 4.88. The van der Waals surface area contributed by atoms with Crippen molar-refractivity contribution >= 4 is 0 Å². The maximum Gasteiger partial charge on any atom is 0.172 e. The van der Waals surface area contributed by atoms with E-state index in [1.165, 1.54) is 37.8 Å². The van der Waals surface area contributed by atoms with Crippen LogP contribution in [-0.2, 0) is 13.1 Å². The predicted octanol–water partition coefficient (Wildman–Crippen LogP) is 3.17. The van der Waals surface area contributed by atoms with Crippen LogP contribution in [0.1, 0.15) is 49.5 Å². The molecule has 3 aromatic rings. The predicted molar refractivity (Wildman–Crippen MR) is 127 cm³/mol. The van der Waals surface area contributed by atoms with Crippen LogP contribution in [0.25, 0.3) is 0 Å². The zero-order valence-electron chi connectivity index (χ0n) is 19.3. The second-order valence-electron chi connectivity index (χ2n) is 9.12. The fourth-order valence-corrected chi connectivity index (χ4v) is 4.88. The molecule has 5 rings (SSSR count). The van der Waals surface area contributed by atoms with Crippen molar-refractivity contribution in [3.05, 3.63) is 72.3 Å². The van der Waals surface area contributed by atoms with E-state index in [1.54, 1.807) is 0 Å². The number of aryl methyl sites for hydroxylation is 1. The summed E-state index contributed by atoms with van der Waals surface area (Å²) in [6, 6.07) is 13.3. The van der Waals surface area contributed by atoms with Crippen molar-refractivity contribution in [1.82, 2.24) is 39.8 Å². The van der Waals surface area contributed by atoms with Gasteiger partial charge in [-0.15, -0.1) is 5.10 Å². The number of rotatable bonds is 9. The second-order valence-corrected chi connectivity index (χ2v) is 9.12. The first-order valence-corrected chi connectivity index (χ1v) is 12.3. The van der Waals surface area contributed by atoms with Gasteiger partial charge >= 0.3 is 0 Å². The highest BCUT2D eigenvalue weighted by Gasteiger charge is 2.30. The lowest BCUT2D eigenvalue weighted by Gasteiger charge is -2.37. The lowest BCUT2D eigenvalue weighted by molar-refractivity contribution is 0.128. The first kappa shape index (κ1) is 22.0. The number of nitrogens with zero attached hydrogens (tertiary/aromatic N) is 8. The highest BCUT2D eigenvalue weighted by molar-refractivity contribution is 5.16. The monoisotopic (exact) mass is 446 g/mol. The van der Waals surface area contributed by atoms with Gasteiger partial charge in [0.1, 0.15) is 0 Å². The van der Waals surface area contributed by atoms with Gasteiger partial charge in [-0.3, -0.25) is 14.5 Å². The largest absolute Gasteiger partial charge is 0.299 e. The number of aromatic nitrogens is 6. The molecule has 0 N–H and O–H groups in total. The van der Waals surface area contributed by atoms with E-state index in [0.29, 0.717) is 6.54 Å². The van der Waals surface area contributed by atoms with E-state index in [9.17, 15) is 0 Å². The van der Waals surface area contributed by atoms with Gasteiger partial charge in [0.25, 0.3) is 0 Å². The van der Waals surface area contributed by atoms with Crippen LogP contribution in [0.4, 0.5) is 0 Å². The summed E-state index contributed by atoms with van der Waals surface area (Å²) in [5.74, 6) is 0.922. The van der Waals surface area contributed by atoms with E-state index in [1.807, 2.05) is 33.9 Å². The average molecular weight is 447 g/mol. The van der Waals surface area contributed by atoms with Gasteiger partial charge in [0.05, 0.1) is 12.6 Å². The van der Waals surface area contributed by atoms with Gasteiger partial charge in [-0.2, -0.15) is 5.10 Å². The van der Waals surface area contributed by atoms with Gasteiger partial charge in [0.2, 0.25) is 0 Å². The molecule has 1 aliphatic carbocycles. The van der Waals surface area contributed by atoms with Crippen molar-refractivity contribution in [3.8, 4) is 0 Å². The van der Waals surface area contributed by atoms with E-state index >= 15 is 0 Å². The molecule has 1 saturated carbocycles. The zero-order chi connectivity index (χ0) is 22.3. The average Bonchev–Trinajstić information content (AvgIpc) is 3.42. The van der Waals surface area contributed by atoms with Crippen LogP contribution in [-0.4, -0.2) is 72.0 Å². The standard InChI is InChI=1S/C25H34N8/c1-2-9-22(10-3-1)21-33-25(27-28-29-33)24(13-4-5-17-32-18-7-14-26-32)31-16-8-15-30(19-20-31)23-11-6-12-23/h1-4,7,9-10,13-14,18,23-24H,5-6,8,11-12,15-17,19-21H2/b13-4-. The van der Waals surface area contributed by atoms with E-state index < -0.39 is 0 Å². The molecule has 3 heterocycles. The Hall–Kier alpha value is -2.84. The van der Waals surface area contributed by atoms with Crippen molar-refractivity contribution in [1.29, 1.82) is 0 Å². The minimum Gasteiger partial charge on any atom is -0.299 e. The Labute approximate surface area is 195 Å². The first-order chi connectivity index (χ1) is 16.4. The van der Waals surface area contributed by atoms with E-state index in [0.717, 1.165) is 44.5 Å². The summed E-state index contributed by atoms with van der Waals surface area (Å²) in [4.78, 5) is 5.27. The quantitative estimate of drug-likeness (QED) is 0.471. The molecule has 1 saturated heterocycles. The number of allylic oxidation sites excluding steroid dienone is 1. The van der Waals surface area contributed by atoms with Gasteiger partial charge in [0.15, 0.2) is 5.82 Å². The number of tetrazole rings is 1. The molecule has 1 atom stereocenters. The molecular formula is C25H34N8. The van der Waals surface area contributed by atoms with Crippen molar-refractivity contribution in [2.75, 3.05) is 26.2 Å². The topological polar surface area (TPSA) is 67.9 Å². The molecule has 2 fully saturated rings. The van der Waals surface area contributed by atoms with Crippen molar-refractivity contribution < 1.29 is 0 Å². The van der Waals surface area contributed by atoms with Crippen LogP contribution < -0.4 is 0 Å². The van der Waals surface area contributed by atoms with Crippen LogP contribution in [0.2, 0.25) is 0 Å². The molecule has 8 nitrogen and oxygen atoms in total. The van der Waals surface area contributed by atoms with Crippen molar-refractivity contribution in [2.24, 2.45) is 0 Å². The lowest BCUT2D eigenvalue weighted by Crippen LogP contribution is -2.42. The molecule has 0 spiro atoms. The summed E-state index contributed by atoms with van der Waals surface area (Å²) in [6.07, 6.45) is 14.6. The number of hydrogen-bond acceptors (Lipinski definition) is 6. The molecule has 1 unspecified atom stereocenters. The highest BCUT2D eigenvalue weighted by Crippen LogP contribution is 2.28. The Bertz CT molecular complexity index is 993. The summed E-state index contributed by atoms with van der Waals surface area (Å²) < 4.78 is 3.94.